The summed E-state index contributed by atoms with van der Waals surface area (Å²) >= 11 is 0. The minimum Gasteiger partial charge on any atom is -0.366 e. The summed E-state index contributed by atoms with van der Waals surface area (Å²) in [5, 5.41) is 5.54. The number of hydrogen-bond donors (Lipinski definition) is 1. The van der Waals surface area contributed by atoms with Crippen molar-refractivity contribution in [3.05, 3.63) is 54.0 Å². The van der Waals surface area contributed by atoms with Crippen LogP contribution < -0.4 is 5.73 Å². The molecular weight excluding hydrogens is 264 g/mol. The number of hydrogen-bond acceptors (Lipinski definition) is 3. The van der Waals surface area contributed by atoms with Gasteiger partial charge in [0, 0.05) is 17.5 Å². The average molecular weight is 278 g/mol. The number of pyridine rings is 1. The maximum absolute atomic E-state index is 11.7. The number of carbonyl (C=O) groups excluding carboxylic acids is 1. The van der Waals surface area contributed by atoms with E-state index in [-0.39, 0.29) is 0 Å². The Morgan fingerprint density at radius 2 is 2.10 bits per heavy atom. The van der Waals surface area contributed by atoms with E-state index < -0.39 is 5.91 Å². The van der Waals surface area contributed by atoms with Gasteiger partial charge in [0.05, 0.1) is 28.7 Å². The van der Waals surface area contributed by atoms with Crippen molar-refractivity contribution in [2.24, 2.45) is 5.73 Å². The Morgan fingerprint density at radius 3 is 2.76 bits per heavy atom. The van der Waals surface area contributed by atoms with E-state index in [1.807, 2.05) is 28.9 Å². The van der Waals surface area contributed by atoms with Crippen LogP contribution in [0, 0.1) is 0 Å². The quantitative estimate of drug-likeness (QED) is 0.799. The highest BCUT2D eigenvalue weighted by molar-refractivity contribution is 6.06. The lowest BCUT2D eigenvalue weighted by Crippen LogP contribution is -2.11. The molecule has 1 saturated carbocycles. The highest BCUT2D eigenvalue weighted by Gasteiger charge is 2.32. The molecule has 21 heavy (non-hydrogen) atoms. The van der Waals surface area contributed by atoms with E-state index in [0.717, 1.165) is 35.1 Å². The average Bonchev–Trinajstić information content (AvgIpc) is 3.27. The van der Waals surface area contributed by atoms with Gasteiger partial charge >= 0.3 is 0 Å². The Bertz CT molecular complexity index is 834. The first-order valence-corrected chi connectivity index (χ1v) is 6.97. The van der Waals surface area contributed by atoms with Crippen molar-refractivity contribution < 1.29 is 4.79 Å². The van der Waals surface area contributed by atoms with Crippen LogP contribution in [0.1, 0.15) is 34.8 Å². The molecule has 5 heteroatoms. The number of carbonyl (C=O) groups is 1. The highest BCUT2D eigenvalue weighted by atomic mass is 16.1. The van der Waals surface area contributed by atoms with Crippen LogP contribution in [0.2, 0.25) is 0 Å². The Kier molecular flexibility index (Phi) is 2.54. The third-order valence-corrected chi connectivity index (χ3v) is 3.85. The number of primary amides is 1. The predicted octanol–water partition coefficient (Wildman–Crippen LogP) is 2.40. The molecule has 2 heterocycles. The van der Waals surface area contributed by atoms with Crippen molar-refractivity contribution in [3.63, 3.8) is 0 Å². The molecule has 0 bridgehead atoms. The van der Waals surface area contributed by atoms with Gasteiger partial charge in [-0.05, 0) is 37.1 Å². The minimum absolute atomic E-state index is 0.409. The summed E-state index contributed by atoms with van der Waals surface area (Å²) in [5.41, 5.74) is 8.86. The summed E-state index contributed by atoms with van der Waals surface area (Å²) in [6.45, 7) is 0. The van der Waals surface area contributed by atoms with Crippen LogP contribution in [0.4, 0.5) is 0 Å². The number of nitrogens with two attached hydrogens (primary N) is 1. The van der Waals surface area contributed by atoms with Crippen LogP contribution in [0.3, 0.4) is 0 Å². The van der Waals surface area contributed by atoms with Crippen molar-refractivity contribution in [1.82, 2.24) is 14.8 Å². The number of rotatable bonds is 3. The van der Waals surface area contributed by atoms with Crippen molar-refractivity contribution in [3.8, 4) is 5.69 Å². The summed E-state index contributed by atoms with van der Waals surface area (Å²) in [7, 11) is 0. The molecule has 3 aromatic rings. The van der Waals surface area contributed by atoms with Gasteiger partial charge in [0.2, 0.25) is 5.91 Å². The third-order valence-electron chi connectivity index (χ3n) is 3.85. The number of nitrogens with zero attached hydrogens (tertiary/aromatic N) is 3. The van der Waals surface area contributed by atoms with Crippen molar-refractivity contribution in [1.29, 1.82) is 0 Å². The molecular formula is C16H14N4O. The second-order valence-corrected chi connectivity index (χ2v) is 5.35. The first-order chi connectivity index (χ1) is 10.3. The number of aromatic nitrogens is 3. The fourth-order valence-corrected chi connectivity index (χ4v) is 2.78. The second-order valence-electron chi connectivity index (χ2n) is 5.35. The SMILES string of the molecule is NC(=O)c1cccc2nn(-c3cccnc3)c(C3CC3)c12. The standard InChI is InChI=1S/C16H14N4O/c17-16(21)12-4-1-5-13-14(12)15(10-6-7-10)20(19-13)11-3-2-8-18-9-11/h1-5,8-10H,6-7H2,(H2,17,21). The molecule has 0 radical (unpaired) electrons. The molecule has 0 atom stereocenters. The van der Waals surface area contributed by atoms with E-state index in [9.17, 15) is 4.79 Å². The van der Waals surface area contributed by atoms with E-state index in [1.54, 1.807) is 18.5 Å². The molecule has 0 unspecified atom stereocenters. The summed E-state index contributed by atoms with van der Waals surface area (Å²) in [6.07, 6.45) is 5.75. The zero-order valence-electron chi connectivity index (χ0n) is 11.4. The molecule has 4 rings (SSSR count). The lowest BCUT2D eigenvalue weighted by molar-refractivity contribution is 0.100. The molecule has 1 aliphatic carbocycles. The summed E-state index contributed by atoms with van der Waals surface area (Å²) in [5.74, 6) is 0.0314. The molecule has 1 amide bonds. The van der Waals surface area contributed by atoms with Crippen molar-refractivity contribution >= 4 is 16.8 Å². The highest BCUT2D eigenvalue weighted by Crippen LogP contribution is 2.44. The van der Waals surface area contributed by atoms with Gasteiger partial charge in [0.15, 0.2) is 0 Å². The van der Waals surface area contributed by atoms with E-state index >= 15 is 0 Å². The number of fused-ring (bicyclic) bond motifs is 1. The summed E-state index contributed by atoms with van der Waals surface area (Å²) < 4.78 is 1.90. The minimum atomic E-state index is -0.409. The Labute approximate surface area is 121 Å². The lowest BCUT2D eigenvalue weighted by Gasteiger charge is -2.07. The second kappa shape index (κ2) is 4.41. The predicted molar refractivity (Wildman–Crippen MR) is 79.4 cm³/mol. The van der Waals surface area contributed by atoms with Crippen LogP contribution in [0.5, 0.6) is 0 Å². The van der Waals surface area contributed by atoms with Crippen molar-refractivity contribution in [2.75, 3.05) is 0 Å². The maximum atomic E-state index is 11.7. The molecule has 1 aromatic carbocycles. The first-order valence-electron chi connectivity index (χ1n) is 6.97. The van der Waals surface area contributed by atoms with Crippen LogP contribution in [0.15, 0.2) is 42.7 Å². The largest absolute Gasteiger partial charge is 0.366 e. The molecule has 1 fully saturated rings. The summed E-state index contributed by atoms with van der Waals surface area (Å²) in [6, 6.07) is 9.36. The van der Waals surface area contributed by atoms with Gasteiger partial charge in [-0.1, -0.05) is 6.07 Å². The third kappa shape index (κ3) is 1.89. The van der Waals surface area contributed by atoms with Gasteiger partial charge < -0.3 is 5.73 Å². The van der Waals surface area contributed by atoms with Crippen LogP contribution in [-0.4, -0.2) is 20.7 Å². The van der Waals surface area contributed by atoms with Crippen molar-refractivity contribution in [2.45, 2.75) is 18.8 Å². The molecule has 0 spiro atoms. The Hall–Kier alpha value is -2.69. The van der Waals surface area contributed by atoms with Crippen LogP contribution >= 0.6 is 0 Å². The molecule has 1 aliphatic rings. The fraction of sp³-hybridized carbons (Fsp3) is 0.188. The number of benzene rings is 1. The van der Waals surface area contributed by atoms with Gasteiger partial charge in [0.25, 0.3) is 0 Å². The van der Waals surface area contributed by atoms with E-state index in [0.29, 0.717) is 11.5 Å². The van der Waals surface area contributed by atoms with E-state index in [4.69, 9.17) is 5.73 Å². The first kappa shape index (κ1) is 12.1. The monoisotopic (exact) mass is 278 g/mol. The summed E-state index contributed by atoms with van der Waals surface area (Å²) in [4.78, 5) is 15.9. The van der Waals surface area contributed by atoms with Crippen LogP contribution in [-0.2, 0) is 0 Å². The van der Waals surface area contributed by atoms with Gasteiger partial charge in [-0.2, -0.15) is 5.10 Å². The zero-order valence-corrected chi connectivity index (χ0v) is 11.4. The van der Waals surface area contributed by atoms with Gasteiger partial charge in [0.1, 0.15) is 0 Å². The smallest absolute Gasteiger partial charge is 0.249 e. The molecule has 5 nitrogen and oxygen atoms in total. The maximum Gasteiger partial charge on any atom is 0.249 e. The lowest BCUT2D eigenvalue weighted by atomic mass is 10.0. The fourth-order valence-electron chi connectivity index (χ4n) is 2.78. The molecule has 2 aromatic heterocycles. The molecule has 0 saturated heterocycles. The number of amides is 1. The van der Waals surface area contributed by atoms with Crippen LogP contribution in [0.25, 0.3) is 16.6 Å². The molecule has 104 valence electrons. The zero-order chi connectivity index (χ0) is 14.4. The topological polar surface area (TPSA) is 73.8 Å². The molecule has 2 N–H and O–H groups in total. The van der Waals surface area contributed by atoms with Gasteiger partial charge in [-0.3, -0.25) is 9.78 Å². The normalized spacial score (nSPS) is 14.5. The Balaban J connectivity index is 2.06. The van der Waals surface area contributed by atoms with Gasteiger partial charge in [-0.25, -0.2) is 4.68 Å². The Morgan fingerprint density at radius 1 is 1.24 bits per heavy atom. The van der Waals surface area contributed by atoms with Gasteiger partial charge in [-0.15, -0.1) is 0 Å². The van der Waals surface area contributed by atoms with E-state index in [2.05, 4.69) is 10.1 Å². The van der Waals surface area contributed by atoms with E-state index in [1.165, 1.54) is 0 Å². The molecule has 0 aliphatic heterocycles.